The van der Waals surface area contributed by atoms with E-state index in [1.54, 1.807) is 0 Å². The van der Waals surface area contributed by atoms with Crippen LogP contribution in [0.15, 0.2) is 47.4 Å². The Labute approximate surface area is 166 Å². The van der Waals surface area contributed by atoms with Crippen LogP contribution >= 0.6 is 0 Å². The maximum Gasteiger partial charge on any atom is 0.243 e. The molecule has 0 bridgehead atoms. The molecule has 2 heterocycles. The predicted octanol–water partition coefficient (Wildman–Crippen LogP) is 1.87. The first kappa shape index (κ1) is 26.4. The van der Waals surface area contributed by atoms with Gasteiger partial charge in [-0.2, -0.15) is 10.5 Å². The lowest BCUT2D eigenvalue weighted by molar-refractivity contribution is -0.671. The summed E-state index contributed by atoms with van der Waals surface area (Å²) in [7, 11) is 4.06. The number of aryl methyl sites for hydroxylation is 4. The summed E-state index contributed by atoms with van der Waals surface area (Å²) in [6.07, 6.45) is 17.5. The minimum Gasteiger partial charge on any atom is -0.422 e. The van der Waals surface area contributed by atoms with Gasteiger partial charge in [-0.25, -0.2) is 18.3 Å². The van der Waals surface area contributed by atoms with Crippen LogP contribution in [0.1, 0.15) is 26.7 Å². The number of hydrogen-bond donors (Lipinski definition) is 0. The van der Waals surface area contributed by atoms with Crippen LogP contribution in [-0.4, -0.2) is 21.2 Å². The average molecular weight is 382 g/mol. The smallest absolute Gasteiger partial charge is 0.243 e. The fourth-order valence-electron chi connectivity index (χ4n) is 1.71. The first-order valence-corrected chi connectivity index (χ1v) is 8.46. The van der Waals surface area contributed by atoms with Gasteiger partial charge in [0.15, 0.2) is 0 Å². The van der Waals surface area contributed by atoms with E-state index >= 15 is 0 Å². The third-order valence-electron chi connectivity index (χ3n) is 2.98. The van der Waals surface area contributed by atoms with E-state index in [2.05, 4.69) is 68.8 Å². The minimum atomic E-state index is 1.06. The lowest BCUT2D eigenvalue weighted by atomic mass is 10.3. The van der Waals surface area contributed by atoms with Gasteiger partial charge in [0, 0.05) is 0 Å². The first-order chi connectivity index (χ1) is 13.5. The van der Waals surface area contributed by atoms with Crippen LogP contribution in [0.5, 0.6) is 0 Å². The molecule has 0 aliphatic heterocycles. The van der Waals surface area contributed by atoms with Crippen LogP contribution in [0.2, 0.25) is 0 Å². The highest BCUT2D eigenvalue weighted by Gasteiger charge is 1.96. The largest absolute Gasteiger partial charge is 0.422 e. The Morgan fingerprint density at radius 1 is 0.893 bits per heavy atom. The van der Waals surface area contributed by atoms with Crippen LogP contribution in [0.3, 0.4) is 0 Å². The first-order valence-electron chi connectivity index (χ1n) is 8.46. The third kappa shape index (κ3) is 17.0. The summed E-state index contributed by atoms with van der Waals surface area (Å²) in [5.41, 5.74) is 0. The number of imidazole rings is 2. The van der Waals surface area contributed by atoms with Gasteiger partial charge in [0.1, 0.15) is 24.8 Å². The molecular formula is C18H26N10. The van der Waals surface area contributed by atoms with Gasteiger partial charge in [-0.1, -0.05) is 13.3 Å². The van der Waals surface area contributed by atoms with Gasteiger partial charge in [-0.15, -0.1) is 12.0 Å². The van der Waals surface area contributed by atoms with Gasteiger partial charge in [-0.3, -0.25) is 0 Å². The van der Waals surface area contributed by atoms with E-state index in [1.165, 1.54) is 37.2 Å². The second-order valence-electron chi connectivity index (χ2n) is 5.20. The topological polar surface area (TPSA) is 135 Å². The molecule has 0 saturated heterocycles. The van der Waals surface area contributed by atoms with E-state index in [-0.39, 0.29) is 0 Å². The fourth-order valence-corrected chi connectivity index (χ4v) is 1.71. The Bertz CT molecular complexity index is 793. The zero-order valence-electron chi connectivity index (χ0n) is 16.8. The molecule has 28 heavy (non-hydrogen) atoms. The Balaban J connectivity index is 0. The monoisotopic (exact) mass is 382 g/mol. The van der Waals surface area contributed by atoms with Crippen LogP contribution in [-0.2, 0) is 27.2 Å². The molecule has 2 aromatic heterocycles. The maximum absolute atomic E-state index is 7.43. The van der Waals surface area contributed by atoms with E-state index in [4.69, 9.17) is 21.3 Å². The zero-order chi connectivity index (χ0) is 21.6. The number of unbranched alkanes of at least 4 members (excludes halogenated alkanes) is 1. The zero-order valence-corrected chi connectivity index (χ0v) is 16.8. The van der Waals surface area contributed by atoms with Crippen molar-refractivity contribution < 1.29 is 9.13 Å². The number of nitriles is 2. The van der Waals surface area contributed by atoms with Crippen LogP contribution in [0.25, 0.3) is 10.8 Å². The van der Waals surface area contributed by atoms with Crippen molar-refractivity contribution in [2.75, 3.05) is 0 Å². The summed E-state index contributed by atoms with van der Waals surface area (Å²) in [5, 5.41) is 29.7. The van der Waals surface area contributed by atoms with E-state index in [1.807, 2.05) is 24.9 Å². The second-order valence-corrected chi connectivity index (χ2v) is 5.20. The molecule has 0 unspecified atom stereocenters. The van der Waals surface area contributed by atoms with Crippen molar-refractivity contribution in [3.63, 3.8) is 0 Å². The van der Waals surface area contributed by atoms with Gasteiger partial charge in [-0.05, 0) is 13.3 Å². The minimum absolute atomic E-state index is 1.06. The van der Waals surface area contributed by atoms with Crippen molar-refractivity contribution in [3.8, 4) is 12.4 Å². The Kier molecular flexibility index (Phi) is 18.4. The van der Waals surface area contributed by atoms with Gasteiger partial charge < -0.3 is 20.8 Å². The van der Waals surface area contributed by atoms with E-state index in [0.717, 1.165) is 13.1 Å². The molecule has 0 aliphatic carbocycles. The highest BCUT2D eigenvalue weighted by atomic mass is 15.1. The number of rotatable bonds is 4. The molecule has 0 fully saturated rings. The molecule has 10 heteroatoms. The molecule has 0 aliphatic rings. The SMILES string of the molecule is CCCCn1cc[n+](C)c1.CCn1cc[n+](C)c1.N#CN=C=[N-].N#CN=C=[N-]. The van der Waals surface area contributed by atoms with Crippen molar-refractivity contribution in [1.29, 1.82) is 10.5 Å². The summed E-state index contributed by atoms with van der Waals surface area (Å²) in [6.45, 7) is 6.54. The molecule has 2 aromatic rings. The van der Waals surface area contributed by atoms with Crippen LogP contribution < -0.4 is 9.13 Å². The number of aliphatic imine (C=N–C) groups is 2. The van der Waals surface area contributed by atoms with E-state index in [9.17, 15) is 0 Å². The van der Waals surface area contributed by atoms with Crippen molar-refractivity contribution >= 4 is 12.0 Å². The lowest BCUT2D eigenvalue weighted by Gasteiger charge is -1.90. The number of nitrogens with zero attached hydrogens (tertiary/aromatic N) is 10. The second kappa shape index (κ2) is 19.5. The molecule has 0 spiro atoms. The van der Waals surface area contributed by atoms with Crippen molar-refractivity contribution in [2.24, 2.45) is 24.1 Å². The van der Waals surface area contributed by atoms with Crippen molar-refractivity contribution in [3.05, 3.63) is 48.3 Å². The van der Waals surface area contributed by atoms with E-state index < -0.39 is 0 Å². The highest BCUT2D eigenvalue weighted by Crippen LogP contribution is 1.91. The van der Waals surface area contributed by atoms with Crippen molar-refractivity contribution in [1.82, 2.24) is 9.13 Å². The molecule has 10 nitrogen and oxygen atoms in total. The number of aromatic nitrogens is 4. The average Bonchev–Trinajstić information content (AvgIpc) is 3.31. The Morgan fingerprint density at radius 3 is 1.57 bits per heavy atom. The highest BCUT2D eigenvalue weighted by molar-refractivity contribution is 5.46. The lowest BCUT2D eigenvalue weighted by Crippen LogP contribution is -2.23. The summed E-state index contributed by atoms with van der Waals surface area (Å²) < 4.78 is 8.43. The third-order valence-corrected chi connectivity index (χ3v) is 2.98. The van der Waals surface area contributed by atoms with Crippen LogP contribution in [0, 0.1) is 22.9 Å². The van der Waals surface area contributed by atoms with Crippen LogP contribution in [0.4, 0.5) is 0 Å². The van der Waals surface area contributed by atoms with Crippen molar-refractivity contribution in [2.45, 2.75) is 39.8 Å². The van der Waals surface area contributed by atoms with Gasteiger partial charge >= 0.3 is 0 Å². The molecule has 0 amide bonds. The van der Waals surface area contributed by atoms with Gasteiger partial charge in [0.2, 0.25) is 12.7 Å². The standard InChI is InChI=1S/C8H15N2.C6H11N2.2C2N3/c1-3-4-5-10-7-6-9(2)8-10;1-3-8-5-4-7(2)6-8;2*3-1-5-2-4/h6-8H,3-5H2,1-2H3;4-6H,3H2,1-2H3;;/q2*+1;2*-1. The summed E-state index contributed by atoms with van der Waals surface area (Å²) in [6, 6.07) is 2.56. The molecule has 2 rings (SSSR count). The fraction of sp³-hybridized carbons (Fsp3) is 0.444. The summed E-state index contributed by atoms with van der Waals surface area (Å²) in [4.78, 5) is 5.17. The maximum atomic E-state index is 7.43. The molecule has 148 valence electrons. The Hall–Kier alpha value is -3.84. The molecule has 0 radical (unpaired) electrons. The molecule has 0 atom stereocenters. The predicted molar refractivity (Wildman–Crippen MR) is 105 cm³/mol. The molecular weight excluding hydrogens is 356 g/mol. The molecule has 0 aromatic carbocycles. The van der Waals surface area contributed by atoms with Gasteiger partial charge in [0.25, 0.3) is 0 Å². The van der Waals surface area contributed by atoms with E-state index in [0.29, 0.717) is 0 Å². The Morgan fingerprint density at radius 2 is 1.36 bits per heavy atom. The van der Waals surface area contributed by atoms with Gasteiger partial charge in [0.05, 0.1) is 39.6 Å². The quantitative estimate of drug-likeness (QED) is 0.453. The molecule has 0 saturated carbocycles. The normalized spacial score (nSPS) is 7.79. The summed E-state index contributed by atoms with van der Waals surface area (Å²) in [5.74, 6) is 0. The molecule has 0 N–H and O–H groups in total. The summed E-state index contributed by atoms with van der Waals surface area (Å²) >= 11 is 0. The number of hydrogen-bond acceptors (Lipinski definition) is 4.